The lowest BCUT2D eigenvalue weighted by Crippen LogP contribution is -2.33. The van der Waals surface area contributed by atoms with Crippen LogP contribution in [0.2, 0.25) is 0 Å². The molecule has 8 nitrogen and oxygen atoms in total. The molecule has 1 amide bonds. The van der Waals surface area contributed by atoms with E-state index < -0.39 is 11.9 Å². The normalized spacial score (nSPS) is 11.5. The van der Waals surface area contributed by atoms with Crippen LogP contribution in [0.5, 0.6) is 17.2 Å². The molecule has 0 bridgehead atoms. The molecule has 0 saturated carbocycles. The number of rotatable bonds is 7. The van der Waals surface area contributed by atoms with Gasteiger partial charge in [-0.25, -0.2) is 4.68 Å². The van der Waals surface area contributed by atoms with E-state index in [0.29, 0.717) is 28.6 Å². The van der Waals surface area contributed by atoms with Gasteiger partial charge in [0.05, 0.1) is 32.7 Å². The van der Waals surface area contributed by atoms with Crippen molar-refractivity contribution in [3.8, 4) is 28.5 Å². The van der Waals surface area contributed by atoms with E-state index in [-0.39, 0.29) is 5.56 Å². The van der Waals surface area contributed by atoms with Gasteiger partial charge in [0.1, 0.15) is 23.3 Å². The van der Waals surface area contributed by atoms with Gasteiger partial charge in [0.25, 0.3) is 5.56 Å². The summed E-state index contributed by atoms with van der Waals surface area (Å²) in [6, 6.07) is 14.5. The molecule has 2 aromatic carbocycles. The number of benzene rings is 2. The van der Waals surface area contributed by atoms with E-state index >= 15 is 0 Å². The monoisotopic (exact) mass is 409 g/mol. The molecule has 0 aliphatic heterocycles. The molecule has 1 N–H and O–H groups in total. The Balaban J connectivity index is 1.86. The molecule has 30 heavy (non-hydrogen) atoms. The highest BCUT2D eigenvalue weighted by Gasteiger charge is 2.20. The van der Waals surface area contributed by atoms with Crippen LogP contribution >= 0.6 is 0 Å². The molecule has 1 aromatic heterocycles. The molecule has 8 heteroatoms. The number of aromatic nitrogens is 2. The lowest BCUT2D eigenvalue weighted by atomic mass is 10.1. The summed E-state index contributed by atoms with van der Waals surface area (Å²) in [5, 5.41) is 7.16. The van der Waals surface area contributed by atoms with Crippen molar-refractivity contribution in [1.82, 2.24) is 9.78 Å². The number of hydrogen-bond acceptors (Lipinski definition) is 6. The number of ether oxygens (including phenoxy) is 3. The van der Waals surface area contributed by atoms with Crippen LogP contribution in [0.4, 0.5) is 5.69 Å². The van der Waals surface area contributed by atoms with Crippen molar-refractivity contribution in [3.63, 3.8) is 0 Å². The van der Waals surface area contributed by atoms with E-state index in [4.69, 9.17) is 14.2 Å². The standard InChI is InChI=1S/C22H23N3O5/c1-14(22(27)23-19-10-9-17(29-3)13-20(19)30-4)25-21(26)12-11-18(24-25)15-5-7-16(28-2)8-6-15/h5-14H,1-4H3,(H,23,27). The van der Waals surface area contributed by atoms with Crippen molar-refractivity contribution in [2.75, 3.05) is 26.6 Å². The van der Waals surface area contributed by atoms with Crippen molar-refractivity contribution in [1.29, 1.82) is 0 Å². The maximum atomic E-state index is 12.8. The summed E-state index contributed by atoms with van der Waals surface area (Å²) >= 11 is 0. The Morgan fingerprint density at radius 1 is 0.933 bits per heavy atom. The fourth-order valence-electron chi connectivity index (χ4n) is 2.87. The molecule has 3 rings (SSSR count). The maximum Gasteiger partial charge on any atom is 0.267 e. The molecule has 156 valence electrons. The van der Waals surface area contributed by atoms with Crippen molar-refractivity contribution >= 4 is 11.6 Å². The first kappa shape index (κ1) is 20.9. The summed E-state index contributed by atoms with van der Waals surface area (Å²) in [6.45, 7) is 1.61. The van der Waals surface area contributed by atoms with Gasteiger partial charge in [-0.2, -0.15) is 5.10 Å². The second-order valence-corrected chi connectivity index (χ2v) is 6.46. The Bertz CT molecular complexity index is 1090. The van der Waals surface area contributed by atoms with Crippen LogP contribution in [0, 0.1) is 0 Å². The highest BCUT2D eigenvalue weighted by molar-refractivity contribution is 5.94. The molecule has 1 heterocycles. The van der Waals surface area contributed by atoms with Gasteiger partial charge in [-0.3, -0.25) is 9.59 Å². The van der Waals surface area contributed by atoms with Gasteiger partial charge < -0.3 is 19.5 Å². The van der Waals surface area contributed by atoms with Gasteiger partial charge in [0, 0.05) is 17.7 Å². The van der Waals surface area contributed by atoms with Crippen molar-refractivity contribution in [2.45, 2.75) is 13.0 Å². The van der Waals surface area contributed by atoms with Crippen molar-refractivity contribution in [3.05, 3.63) is 65.0 Å². The molecule has 0 radical (unpaired) electrons. The number of carbonyl (C=O) groups is 1. The first-order valence-corrected chi connectivity index (χ1v) is 9.24. The predicted molar refractivity (Wildman–Crippen MR) is 113 cm³/mol. The Morgan fingerprint density at radius 3 is 2.23 bits per heavy atom. The first-order chi connectivity index (χ1) is 14.5. The van der Waals surface area contributed by atoms with Crippen molar-refractivity contribution < 1.29 is 19.0 Å². The predicted octanol–water partition coefficient (Wildman–Crippen LogP) is 3.14. The minimum atomic E-state index is -0.845. The molecular weight excluding hydrogens is 386 g/mol. The minimum absolute atomic E-state index is 0.378. The smallest absolute Gasteiger partial charge is 0.267 e. The highest BCUT2D eigenvalue weighted by atomic mass is 16.5. The summed E-state index contributed by atoms with van der Waals surface area (Å²) in [7, 11) is 4.63. The van der Waals surface area contributed by atoms with Crippen LogP contribution in [0.15, 0.2) is 59.4 Å². The molecule has 0 spiro atoms. The number of anilines is 1. The largest absolute Gasteiger partial charge is 0.497 e. The van der Waals surface area contributed by atoms with Gasteiger partial charge in [0.2, 0.25) is 5.91 Å². The Kier molecular flexibility index (Phi) is 6.36. The number of nitrogens with zero attached hydrogens (tertiary/aromatic N) is 2. The van der Waals surface area contributed by atoms with Crippen LogP contribution in [0.3, 0.4) is 0 Å². The van der Waals surface area contributed by atoms with Crippen LogP contribution in [0.25, 0.3) is 11.3 Å². The number of hydrogen-bond donors (Lipinski definition) is 1. The highest BCUT2D eigenvalue weighted by Crippen LogP contribution is 2.29. The van der Waals surface area contributed by atoms with Crippen LogP contribution in [-0.2, 0) is 4.79 Å². The van der Waals surface area contributed by atoms with Gasteiger partial charge in [-0.1, -0.05) is 0 Å². The van der Waals surface area contributed by atoms with E-state index in [0.717, 1.165) is 10.2 Å². The molecule has 0 aliphatic rings. The van der Waals surface area contributed by atoms with E-state index in [2.05, 4.69) is 10.4 Å². The molecule has 0 saturated heterocycles. The van der Waals surface area contributed by atoms with Gasteiger partial charge >= 0.3 is 0 Å². The Hall–Kier alpha value is -3.81. The summed E-state index contributed by atoms with van der Waals surface area (Å²) in [4.78, 5) is 25.2. The fraction of sp³-hybridized carbons (Fsp3) is 0.227. The molecule has 1 atom stereocenters. The van der Waals surface area contributed by atoms with Gasteiger partial charge in [-0.15, -0.1) is 0 Å². The number of amides is 1. The van der Waals surface area contributed by atoms with E-state index in [9.17, 15) is 9.59 Å². The molecule has 1 unspecified atom stereocenters. The second kappa shape index (κ2) is 9.13. The third-order valence-electron chi connectivity index (χ3n) is 4.62. The summed E-state index contributed by atoms with van der Waals surface area (Å²) < 4.78 is 16.8. The fourth-order valence-corrected chi connectivity index (χ4v) is 2.87. The zero-order chi connectivity index (χ0) is 21.7. The third kappa shape index (κ3) is 4.43. The van der Waals surface area contributed by atoms with Crippen LogP contribution < -0.4 is 25.1 Å². The molecule has 3 aromatic rings. The topological polar surface area (TPSA) is 91.7 Å². The average Bonchev–Trinajstić information content (AvgIpc) is 2.79. The third-order valence-corrected chi connectivity index (χ3v) is 4.62. The average molecular weight is 409 g/mol. The maximum absolute atomic E-state index is 12.8. The zero-order valence-electron chi connectivity index (χ0n) is 17.2. The molecule has 0 fully saturated rings. The minimum Gasteiger partial charge on any atom is -0.497 e. The van der Waals surface area contributed by atoms with Crippen molar-refractivity contribution in [2.24, 2.45) is 0 Å². The molecular formula is C22H23N3O5. The number of methoxy groups -OCH3 is 3. The SMILES string of the molecule is COc1ccc(-c2ccc(=O)n(C(C)C(=O)Nc3ccc(OC)cc3OC)n2)cc1. The van der Waals surface area contributed by atoms with Gasteiger partial charge in [0.15, 0.2) is 0 Å². The second-order valence-electron chi connectivity index (χ2n) is 6.46. The quantitative estimate of drug-likeness (QED) is 0.645. The van der Waals surface area contributed by atoms with Gasteiger partial charge in [-0.05, 0) is 49.4 Å². The number of carbonyl (C=O) groups excluding carboxylic acids is 1. The summed E-state index contributed by atoms with van der Waals surface area (Å²) in [5.41, 5.74) is 1.46. The zero-order valence-corrected chi connectivity index (χ0v) is 17.2. The molecule has 0 aliphatic carbocycles. The van der Waals surface area contributed by atoms with Crippen LogP contribution in [0.1, 0.15) is 13.0 Å². The lowest BCUT2D eigenvalue weighted by molar-refractivity contribution is -0.119. The van der Waals surface area contributed by atoms with E-state index in [1.807, 2.05) is 12.1 Å². The Morgan fingerprint density at radius 2 is 1.60 bits per heavy atom. The van der Waals surface area contributed by atoms with E-state index in [1.165, 1.54) is 13.2 Å². The Labute approximate surface area is 174 Å². The van der Waals surface area contributed by atoms with Crippen LogP contribution in [-0.4, -0.2) is 37.0 Å². The summed E-state index contributed by atoms with van der Waals surface area (Å²) in [6.07, 6.45) is 0. The first-order valence-electron chi connectivity index (χ1n) is 9.24. The summed E-state index contributed by atoms with van der Waals surface area (Å²) in [5.74, 6) is 1.36. The lowest BCUT2D eigenvalue weighted by Gasteiger charge is -2.17. The number of nitrogens with one attached hydrogen (secondary N) is 1. The van der Waals surface area contributed by atoms with E-state index in [1.54, 1.807) is 57.5 Å².